The van der Waals surface area contributed by atoms with Gasteiger partial charge >= 0.3 is 0 Å². The first kappa shape index (κ1) is 22.9. The van der Waals surface area contributed by atoms with Gasteiger partial charge in [-0.15, -0.1) is 5.10 Å². The van der Waals surface area contributed by atoms with Crippen LogP contribution in [0.1, 0.15) is 69.3 Å². The smallest absolute Gasteiger partial charge is 0.252 e. The summed E-state index contributed by atoms with van der Waals surface area (Å²) in [6.45, 7) is 11.5. The van der Waals surface area contributed by atoms with Gasteiger partial charge in [0.25, 0.3) is 5.56 Å². The minimum atomic E-state index is -0.222. The Morgan fingerprint density at radius 3 is 2.70 bits per heavy atom. The Hall–Kier alpha value is -3.26. The van der Waals surface area contributed by atoms with Gasteiger partial charge in [0.15, 0.2) is 5.82 Å². The number of aromatic amines is 1. The molecule has 0 spiro atoms. The van der Waals surface area contributed by atoms with Crippen LogP contribution in [-0.4, -0.2) is 30.1 Å². The quantitative estimate of drug-likeness (QED) is 0.398. The SMILES string of the molecule is CC[C@@H](c1nnnn1C(C)(C)CC)N(Cc1ccco1)Cc1cc2cccc(C)c2[nH]c1=O. The first-order valence-electron chi connectivity index (χ1n) is 11.5. The molecule has 0 unspecified atom stereocenters. The van der Waals surface area contributed by atoms with Crippen LogP contribution in [0.2, 0.25) is 0 Å². The molecule has 8 nitrogen and oxygen atoms in total. The number of tetrazole rings is 1. The lowest BCUT2D eigenvalue weighted by molar-refractivity contribution is 0.140. The number of hydrogen-bond donors (Lipinski definition) is 1. The van der Waals surface area contributed by atoms with E-state index in [1.165, 1.54) is 0 Å². The molecule has 0 aliphatic carbocycles. The average Bonchev–Trinajstić information content (AvgIpc) is 3.48. The number of nitrogens with zero attached hydrogens (tertiary/aromatic N) is 5. The Kier molecular flexibility index (Phi) is 6.47. The average molecular weight is 449 g/mol. The maximum absolute atomic E-state index is 13.0. The summed E-state index contributed by atoms with van der Waals surface area (Å²) >= 11 is 0. The van der Waals surface area contributed by atoms with Crippen molar-refractivity contribution in [3.05, 3.63) is 75.7 Å². The Balaban J connectivity index is 1.76. The number of hydrogen-bond acceptors (Lipinski definition) is 6. The molecule has 3 heterocycles. The van der Waals surface area contributed by atoms with E-state index in [4.69, 9.17) is 4.42 Å². The lowest BCUT2D eigenvalue weighted by atomic mass is 10.0. The van der Waals surface area contributed by atoms with Crippen LogP contribution in [-0.2, 0) is 18.6 Å². The van der Waals surface area contributed by atoms with Gasteiger partial charge in [0.2, 0.25) is 0 Å². The van der Waals surface area contributed by atoms with Crippen LogP contribution in [0.4, 0.5) is 0 Å². The van der Waals surface area contributed by atoms with Gasteiger partial charge < -0.3 is 9.40 Å². The summed E-state index contributed by atoms with van der Waals surface area (Å²) in [5.74, 6) is 1.62. The van der Waals surface area contributed by atoms with E-state index in [1.54, 1.807) is 6.26 Å². The number of fused-ring (bicyclic) bond motifs is 1. The molecule has 8 heteroatoms. The van der Waals surface area contributed by atoms with Gasteiger partial charge in [-0.05, 0) is 73.2 Å². The second-order valence-corrected chi connectivity index (χ2v) is 9.19. The third-order valence-corrected chi connectivity index (χ3v) is 6.54. The number of pyridine rings is 1. The molecule has 0 fully saturated rings. The van der Waals surface area contributed by atoms with Gasteiger partial charge in [0, 0.05) is 12.1 Å². The van der Waals surface area contributed by atoms with Crippen molar-refractivity contribution in [3.63, 3.8) is 0 Å². The number of aromatic nitrogens is 5. The van der Waals surface area contributed by atoms with E-state index in [0.29, 0.717) is 18.7 Å². The summed E-state index contributed by atoms with van der Waals surface area (Å²) in [7, 11) is 0. The van der Waals surface area contributed by atoms with Crippen molar-refractivity contribution in [2.24, 2.45) is 0 Å². The molecule has 0 amide bonds. The fourth-order valence-corrected chi connectivity index (χ4v) is 4.23. The fourth-order valence-electron chi connectivity index (χ4n) is 4.23. The Morgan fingerprint density at radius 2 is 2.00 bits per heavy atom. The molecular formula is C25H32N6O2. The molecule has 0 aliphatic heterocycles. The molecule has 4 aromatic rings. The van der Waals surface area contributed by atoms with Crippen molar-refractivity contribution >= 4 is 10.9 Å². The summed E-state index contributed by atoms with van der Waals surface area (Å²) in [6, 6.07) is 11.8. The van der Waals surface area contributed by atoms with Gasteiger partial charge in [0.05, 0.1) is 29.9 Å². The zero-order chi connectivity index (χ0) is 23.6. The van der Waals surface area contributed by atoms with Gasteiger partial charge in [-0.25, -0.2) is 4.68 Å². The molecule has 0 radical (unpaired) electrons. The first-order valence-corrected chi connectivity index (χ1v) is 11.5. The maximum Gasteiger partial charge on any atom is 0.252 e. The third kappa shape index (κ3) is 4.61. The number of aryl methyl sites for hydroxylation is 1. The normalized spacial score (nSPS) is 13.2. The lowest BCUT2D eigenvalue weighted by Crippen LogP contribution is -2.36. The van der Waals surface area contributed by atoms with Crippen LogP contribution >= 0.6 is 0 Å². The van der Waals surface area contributed by atoms with Crippen molar-refractivity contribution in [2.75, 3.05) is 0 Å². The molecule has 0 aliphatic rings. The number of nitrogens with one attached hydrogen (secondary N) is 1. The largest absolute Gasteiger partial charge is 0.468 e. The topological polar surface area (TPSA) is 92.8 Å². The second-order valence-electron chi connectivity index (χ2n) is 9.19. The van der Waals surface area contributed by atoms with E-state index >= 15 is 0 Å². The number of benzene rings is 1. The molecule has 0 saturated heterocycles. The number of furan rings is 1. The van der Waals surface area contributed by atoms with Crippen LogP contribution in [0.25, 0.3) is 10.9 Å². The Labute approximate surface area is 193 Å². The molecule has 0 bridgehead atoms. The summed E-state index contributed by atoms with van der Waals surface area (Å²) < 4.78 is 7.58. The molecule has 3 aromatic heterocycles. The van der Waals surface area contributed by atoms with Crippen molar-refractivity contribution in [1.29, 1.82) is 0 Å². The second kappa shape index (κ2) is 9.31. The number of H-pyrrole nitrogens is 1. The third-order valence-electron chi connectivity index (χ3n) is 6.54. The molecule has 0 saturated carbocycles. The van der Waals surface area contributed by atoms with E-state index in [0.717, 1.165) is 40.9 Å². The summed E-state index contributed by atoms with van der Waals surface area (Å²) in [6.07, 6.45) is 3.35. The minimum Gasteiger partial charge on any atom is -0.468 e. The molecular weight excluding hydrogens is 416 g/mol. The van der Waals surface area contributed by atoms with Crippen LogP contribution in [0.15, 0.2) is 51.9 Å². The Morgan fingerprint density at radius 1 is 1.18 bits per heavy atom. The molecule has 1 aromatic carbocycles. The monoisotopic (exact) mass is 448 g/mol. The highest BCUT2D eigenvalue weighted by Crippen LogP contribution is 2.30. The highest BCUT2D eigenvalue weighted by Gasteiger charge is 2.31. The summed E-state index contributed by atoms with van der Waals surface area (Å²) in [5.41, 5.74) is 2.33. The predicted octanol–water partition coefficient (Wildman–Crippen LogP) is 4.71. The van der Waals surface area contributed by atoms with Gasteiger partial charge in [-0.2, -0.15) is 0 Å². The van der Waals surface area contributed by atoms with E-state index < -0.39 is 0 Å². The van der Waals surface area contributed by atoms with Crippen molar-refractivity contribution in [2.45, 2.75) is 72.1 Å². The Bertz CT molecular complexity index is 1270. The first-order chi connectivity index (χ1) is 15.8. The van der Waals surface area contributed by atoms with Crippen molar-refractivity contribution < 1.29 is 4.42 Å². The van der Waals surface area contributed by atoms with E-state index in [-0.39, 0.29) is 17.1 Å². The van der Waals surface area contributed by atoms with Gasteiger partial charge in [-0.3, -0.25) is 9.69 Å². The highest BCUT2D eigenvalue weighted by atomic mass is 16.3. The molecule has 1 N–H and O–H groups in total. The van der Waals surface area contributed by atoms with Crippen LogP contribution in [0.5, 0.6) is 0 Å². The molecule has 1 atom stereocenters. The van der Waals surface area contributed by atoms with Crippen LogP contribution in [0.3, 0.4) is 0 Å². The number of rotatable bonds is 9. The van der Waals surface area contributed by atoms with E-state index in [2.05, 4.69) is 53.1 Å². The van der Waals surface area contributed by atoms with E-state index in [9.17, 15) is 4.79 Å². The van der Waals surface area contributed by atoms with Gasteiger partial charge in [-0.1, -0.05) is 32.0 Å². The van der Waals surface area contributed by atoms with Crippen LogP contribution < -0.4 is 5.56 Å². The molecule has 33 heavy (non-hydrogen) atoms. The van der Waals surface area contributed by atoms with Crippen molar-refractivity contribution in [3.8, 4) is 0 Å². The standard InChI is InChI=1S/C25H32N6O2/c1-6-21(23-27-28-29-31(23)25(4,5)7-2)30(16-20-12-9-13-33-20)15-19-14-18-11-8-10-17(3)22(18)26-24(19)32/h8-14,21H,6-7,15-16H2,1-5H3,(H,26,32)/t21-/m0/s1. The predicted molar refractivity (Wildman–Crippen MR) is 128 cm³/mol. The van der Waals surface area contributed by atoms with E-state index in [1.807, 2.05) is 48.0 Å². The van der Waals surface area contributed by atoms with Gasteiger partial charge in [0.1, 0.15) is 5.76 Å². The molecule has 4 rings (SSSR count). The molecule has 174 valence electrons. The summed E-state index contributed by atoms with van der Waals surface area (Å²) in [5, 5.41) is 13.8. The maximum atomic E-state index is 13.0. The lowest BCUT2D eigenvalue weighted by Gasteiger charge is -2.32. The minimum absolute atomic E-state index is 0.0791. The fraction of sp³-hybridized carbons (Fsp3) is 0.440. The van der Waals surface area contributed by atoms with Crippen LogP contribution in [0, 0.1) is 6.92 Å². The highest BCUT2D eigenvalue weighted by molar-refractivity contribution is 5.81. The zero-order valence-corrected chi connectivity index (χ0v) is 20.0. The van der Waals surface area contributed by atoms with Crippen molar-refractivity contribution in [1.82, 2.24) is 30.1 Å². The summed E-state index contributed by atoms with van der Waals surface area (Å²) in [4.78, 5) is 18.3. The number of para-hydroxylation sites is 1. The zero-order valence-electron chi connectivity index (χ0n) is 20.0.